The van der Waals surface area contributed by atoms with E-state index >= 15 is 0 Å². The van der Waals surface area contributed by atoms with Gasteiger partial charge in [0.1, 0.15) is 6.61 Å². The Morgan fingerprint density at radius 1 is 1.16 bits per heavy atom. The van der Waals surface area contributed by atoms with E-state index in [9.17, 15) is 8.78 Å². The normalized spacial score (nSPS) is 17.2. The Kier molecular flexibility index (Phi) is 5.31. The van der Waals surface area contributed by atoms with Crippen molar-refractivity contribution in [2.24, 2.45) is 11.1 Å². The molecule has 1 aromatic carbocycles. The Balaban J connectivity index is 1.74. The van der Waals surface area contributed by atoms with Crippen LogP contribution in [-0.2, 0) is 11.4 Å². The first-order valence-electron chi connectivity index (χ1n) is 6.78. The standard InChI is InChI=1S/C15H19F2NO/c16-15(17)14-8-6-13(7-9-14)11-19-18-10-12-4-2-1-3-5-12/h6-10,12,15H,1-5,11H2. The fraction of sp³-hybridized carbons (Fsp3) is 0.533. The molecule has 2 rings (SSSR count). The topological polar surface area (TPSA) is 21.6 Å². The molecule has 1 aliphatic rings. The van der Waals surface area contributed by atoms with Crippen molar-refractivity contribution in [2.75, 3.05) is 0 Å². The molecule has 1 aliphatic carbocycles. The summed E-state index contributed by atoms with van der Waals surface area (Å²) in [6.45, 7) is 0.326. The monoisotopic (exact) mass is 267 g/mol. The Bertz CT molecular complexity index is 397. The molecule has 0 unspecified atom stereocenters. The van der Waals surface area contributed by atoms with Gasteiger partial charge < -0.3 is 4.84 Å². The summed E-state index contributed by atoms with van der Waals surface area (Å²) in [6, 6.07) is 6.15. The van der Waals surface area contributed by atoms with E-state index in [4.69, 9.17) is 4.84 Å². The molecule has 1 fully saturated rings. The second-order valence-corrected chi connectivity index (χ2v) is 4.97. The molecular formula is C15H19F2NO. The number of hydrogen-bond acceptors (Lipinski definition) is 2. The van der Waals surface area contributed by atoms with Gasteiger partial charge in [-0.05, 0) is 24.3 Å². The van der Waals surface area contributed by atoms with Gasteiger partial charge >= 0.3 is 0 Å². The van der Waals surface area contributed by atoms with Crippen LogP contribution < -0.4 is 0 Å². The van der Waals surface area contributed by atoms with E-state index in [1.807, 2.05) is 6.21 Å². The lowest BCUT2D eigenvalue weighted by molar-refractivity contribution is 0.129. The molecule has 4 heteroatoms. The van der Waals surface area contributed by atoms with Gasteiger partial charge in [-0.2, -0.15) is 0 Å². The first-order valence-corrected chi connectivity index (χ1v) is 6.78. The molecule has 0 aliphatic heterocycles. The van der Waals surface area contributed by atoms with Gasteiger partial charge in [0.2, 0.25) is 0 Å². The Morgan fingerprint density at radius 3 is 2.47 bits per heavy atom. The molecule has 19 heavy (non-hydrogen) atoms. The zero-order valence-electron chi connectivity index (χ0n) is 10.9. The van der Waals surface area contributed by atoms with Crippen LogP contribution in [0.4, 0.5) is 8.78 Å². The van der Waals surface area contributed by atoms with Crippen LogP contribution in [0.2, 0.25) is 0 Å². The molecule has 0 heterocycles. The lowest BCUT2D eigenvalue weighted by atomic mass is 9.90. The largest absolute Gasteiger partial charge is 0.391 e. The van der Waals surface area contributed by atoms with E-state index in [0.29, 0.717) is 12.5 Å². The predicted molar refractivity (Wildman–Crippen MR) is 71.3 cm³/mol. The lowest BCUT2D eigenvalue weighted by Gasteiger charge is -2.16. The van der Waals surface area contributed by atoms with Crippen molar-refractivity contribution in [2.45, 2.75) is 45.1 Å². The minimum atomic E-state index is -2.42. The maximum atomic E-state index is 12.4. The molecule has 0 atom stereocenters. The van der Waals surface area contributed by atoms with E-state index in [-0.39, 0.29) is 5.56 Å². The third-order valence-electron chi connectivity index (χ3n) is 3.46. The summed E-state index contributed by atoms with van der Waals surface area (Å²) in [7, 11) is 0. The summed E-state index contributed by atoms with van der Waals surface area (Å²) in [5.41, 5.74) is 0.889. The Morgan fingerprint density at radius 2 is 1.84 bits per heavy atom. The molecule has 1 aromatic rings. The molecule has 2 nitrogen and oxygen atoms in total. The van der Waals surface area contributed by atoms with E-state index in [0.717, 1.165) is 5.56 Å². The van der Waals surface area contributed by atoms with Gasteiger partial charge in [-0.25, -0.2) is 8.78 Å². The highest BCUT2D eigenvalue weighted by molar-refractivity contribution is 5.59. The van der Waals surface area contributed by atoms with Crippen LogP contribution in [0.15, 0.2) is 29.4 Å². The van der Waals surface area contributed by atoms with Crippen molar-refractivity contribution in [3.8, 4) is 0 Å². The summed E-state index contributed by atoms with van der Waals surface area (Å²) in [6.07, 6.45) is 5.71. The van der Waals surface area contributed by atoms with Gasteiger partial charge in [0.15, 0.2) is 0 Å². The minimum Gasteiger partial charge on any atom is -0.391 e. The summed E-state index contributed by atoms with van der Waals surface area (Å²) >= 11 is 0. The van der Waals surface area contributed by atoms with Crippen LogP contribution in [-0.4, -0.2) is 6.21 Å². The highest BCUT2D eigenvalue weighted by atomic mass is 19.3. The molecular weight excluding hydrogens is 248 g/mol. The number of oxime groups is 1. The van der Waals surface area contributed by atoms with Crippen molar-refractivity contribution in [3.63, 3.8) is 0 Å². The zero-order valence-corrected chi connectivity index (χ0v) is 10.9. The first-order chi connectivity index (χ1) is 9.25. The van der Waals surface area contributed by atoms with E-state index < -0.39 is 6.43 Å². The third-order valence-corrected chi connectivity index (χ3v) is 3.46. The van der Waals surface area contributed by atoms with Crippen LogP contribution in [0, 0.1) is 5.92 Å². The van der Waals surface area contributed by atoms with Crippen molar-refractivity contribution < 1.29 is 13.6 Å². The molecule has 0 radical (unpaired) electrons. The van der Waals surface area contributed by atoms with Crippen LogP contribution in [0.3, 0.4) is 0 Å². The lowest BCUT2D eigenvalue weighted by Crippen LogP contribution is -2.07. The van der Waals surface area contributed by atoms with E-state index in [1.54, 1.807) is 12.1 Å². The molecule has 104 valence electrons. The minimum absolute atomic E-state index is 0.0365. The SMILES string of the molecule is FC(F)c1ccc(CON=CC2CCCCC2)cc1. The van der Waals surface area contributed by atoms with Gasteiger partial charge in [-0.15, -0.1) is 0 Å². The number of benzene rings is 1. The molecule has 0 saturated heterocycles. The molecule has 0 aromatic heterocycles. The molecule has 0 bridgehead atoms. The van der Waals surface area contributed by atoms with Gasteiger partial charge in [-0.3, -0.25) is 0 Å². The zero-order chi connectivity index (χ0) is 13.5. The van der Waals surface area contributed by atoms with Crippen molar-refractivity contribution in [1.82, 2.24) is 0 Å². The smallest absolute Gasteiger partial charge is 0.263 e. The highest BCUT2D eigenvalue weighted by Crippen LogP contribution is 2.22. The van der Waals surface area contributed by atoms with Gasteiger partial charge in [0.05, 0.1) is 0 Å². The van der Waals surface area contributed by atoms with Crippen molar-refractivity contribution in [3.05, 3.63) is 35.4 Å². The van der Waals surface area contributed by atoms with Gasteiger partial charge in [0, 0.05) is 11.8 Å². The number of alkyl halides is 2. The Hall–Kier alpha value is -1.45. The average molecular weight is 267 g/mol. The number of nitrogens with zero attached hydrogens (tertiary/aromatic N) is 1. The van der Waals surface area contributed by atoms with Crippen LogP contribution in [0.25, 0.3) is 0 Å². The maximum Gasteiger partial charge on any atom is 0.263 e. The van der Waals surface area contributed by atoms with E-state index in [2.05, 4.69) is 5.16 Å². The molecule has 0 spiro atoms. The third kappa shape index (κ3) is 4.62. The number of hydrogen-bond donors (Lipinski definition) is 0. The van der Waals surface area contributed by atoms with E-state index in [1.165, 1.54) is 44.2 Å². The predicted octanol–water partition coefficient (Wildman–Crippen LogP) is 4.71. The summed E-state index contributed by atoms with van der Waals surface area (Å²) in [4.78, 5) is 5.20. The summed E-state index contributed by atoms with van der Waals surface area (Å²) in [5.74, 6) is 0.537. The molecule has 0 N–H and O–H groups in total. The second-order valence-electron chi connectivity index (χ2n) is 4.97. The number of halogens is 2. The van der Waals surface area contributed by atoms with Gasteiger partial charge in [-0.1, -0.05) is 48.7 Å². The average Bonchev–Trinajstić information content (AvgIpc) is 2.45. The maximum absolute atomic E-state index is 12.4. The van der Waals surface area contributed by atoms with Crippen molar-refractivity contribution >= 4 is 6.21 Å². The van der Waals surface area contributed by atoms with Gasteiger partial charge in [0.25, 0.3) is 6.43 Å². The fourth-order valence-electron chi connectivity index (χ4n) is 2.28. The second kappa shape index (κ2) is 7.22. The fourth-order valence-corrected chi connectivity index (χ4v) is 2.28. The van der Waals surface area contributed by atoms with Crippen LogP contribution in [0.5, 0.6) is 0 Å². The molecule has 1 saturated carbocycles. The molecule has 0 amide bonds. The number of rotatable bonds is 5. The van der Waals surface area contributed by atoms with Crippen molar-refractivity contribution in [1.29, 1.82) is 0 Å². The first kappa shape index (κ1) is 14.0. The summed E-state index contributed by atoms with van der Waals surface area (Å²) < 4.78 is 24.7. The Labute approximate surface area is 112 Å². The van der Waals surface area contributed by atoms with Crippen LogP contribution in [0.1, 0.15) is 49.7 Å². The quantitative estimate of drug-likeness (QED) is 0.559. The highest BCUT2D eigenvalue weighted by Gasteiger charge is 2.10. The van der Waals surface area contributed by atoms with Crippen LogP contribution >= 0.6 is 0 Å². The summed E-state index contributed by atoms with van der Waals surface area (Å²) in [5, 5.41) is 3.97.